The number of hydrogen-bond donors (Lipinski definition) is 1. The van der Waals surface area contributed by atoms with E-state index >= 15 is 0 Å². The van der Waals surface area contributed by atoms with Crippen molar-refractivity contribution in [3.63, 3.8) is 0 Å². The number of nitrogens with zero attached hydrogens (tertiary/aromatic N) is 1. The van der Waals surface area contributed by atoms with Gasteiger partial charge in [-0.3, -0.25) is 9.59 Å². The second kappa shape index (κ2) is 9.40. The number of rotatable bonds is 5. The fraction of sp³-hybridized carbons (Fsp3) is 0.417. The first kappa shape index (κ1) is 21.8. The molecule has 2 heterocycles. The van der Waals surface area contributed by atoms with E-state index in [0.29, 0.717) is 19.6 Å². The molecule has 2 aliphatic rings. The number of benzene rings is 2. The van der Waals surface area contributed by atoms with Gasteiger partial charge in [0, 0.05) is 24.5 Å². The van der Waals surface area contributed by atoms with Crippen molar-refractivity contribution in [1.29, 1.82) is 0 Å². The van der Waals surface area contributed by atoms with Gasteiger partial charge in [0.1, 0.15) is 5.82 Å². The molecule has 0 aliphatic carbocycles. The molecule has 2 aromatic rings. The van der Waals surface area contributed by atoms with Gasteiger partial charge in [0.2, 0.25) is 0 Å². The van der Waals surface area contributed by atoms with Gasteiger partial charge in [-0.1, -0.05) is 24.3 Å². The van der Waals surface area contributed by atoms with E-state index in [1.807, 2.05) is 35.4 Å². The van der Waals surface area contributed by atoms with Crippen LogP contribution in [0.15, 0.2) is 53.4 Å². The Hall–Kier alpha value is -2.38. The van der Waals surface area contributed by atoms with E-state index in [-0.39, 0.29) is 23.2 Å². The quantitative estimate of drug-likeness (QED) is 0.708. The zero-order valence-corrected chi connectivity index (χ0v) is 18.4. The Morgan fingerprint density at radius 1 is 1.10 bits per heavy atom. The van der Waals surface area contributed by atoms with Gasteiger partial charge in [-0.2, -0.15) is 0 Å². The first-order valence-electron chi connectivity index (χ1n) is 10.6. The molecule has 0 aromatic heterocycles. The van der Waals surface area contributed by atoms with Gasteiger partial charge in [-0.15, -0.1) is 11.8 Å². The van der Waals surface area contributed by atoms with Crippen molar-refractivity contribution in [3.05, 3.63) is 65.5 Å². The number of likely N-dealkylation sites (tertiary alicyclic amines) is 1. The van der Waals surface area contributed by atoms with E-state index in [2.05, 4.69) is 5.32 Å². The maximum atomic E-state index is 13.8. The lowest BCUT2D eigenvalue weighted by Gasteiger charge is -2.39. The van der Waals surface area contributed by atoms with E-state index in [1.165, 1.54) is 12.1 Å². The van der Waals surface area contributed by atoms with Crippen molar-refractivity contribution >= 4 is 23.6 Å². The number of carbonyl (C=O) groups excluding carboxylic acids is 2. The van der Waals surface area contributed by atoms with Crippen LogP contribution in [0.4, 0.5) is 4.39 Å². The minimum atomic E-state index is -0.524. The van der Waals surface area contributed by atoms with Crippen molar-refractivity contribution < 1.29 is 18.7 Å². The fourth-order valence-electron chi connectivity index (χ4n) is 4.46. The predicted octanol–water partition coefficient (Wildman–Crippen LogP) is 4.13. The van der Waals surface area contributed by atoms with Crippen LogP contribution in [0.25, 0.3) is 0 Å². The first-order valence-corrected chi connectivity index (χ1v) is 11.9. The number of amides is 2. The van der Waals surface area contributed by atoms with Crippen molar-refractivity contribution in [2.24, 2.45) is 0 Å². The van der Waals surface area contributed by atoms with Gasteiger partial charge in [0.15, 0.2) is 0 Å². The van der Waals surface area contributed by atoms with Gasteiger partial charge in [-0.25, -0.2) is 4.39 Å². The third-order valence-corrected chi connectivity index (χ3v) is 7.04. The summed E-state index contributed by atoms with van der Waals surface area (Å²) in [7, 11) is 0. The minimum Gasteiger partial charge on any atom is -0.370 e. The van der Waals surface area contributed by atoms with Crippen LogP contribution in [-0.2, 0) is 4.74 Å². The van der Waals surface area contributed by atoms with Crippen molar-refractivity contribution in [2.45, 2.75) is 42.3 Å². The molecule has 5 nitrogen and oxygen atoms in total. The molecule has 1 spiro atoms. The topological polar surface area (TPSA) is 58.6 Å². The molecule has 31 heavy (non-hydrogen) atoms. The summed E-state index contributed by atoms with van der Waals surface area (Å²) in [5.74, 6) is -0.870. The summed E-state index contributed by atoms with van der Waals surface area (Å²) in [6.07, 6.45) is 5.23. The van der Waals surface area contributed by atoms with E-state index in [4.69, 9.17) is 4.74 Å². The molecule has 0 saturated carbocycles. The van der Waals surface area contributed by atoms with Crippen LogP contribution in [0.5, 0.6) is 0 Å². The third-order valence-electron chi connectivity index (χ3n) is 6.25. The second-order valence-electron chi connectivity index (χ2n) is 8.14. The number of hydrogen-bond acceptors (Lipinski definition) is 4. The Kier molecular flexibility index (Phi) is 6.62. The maximum Gasteiger partial charge on any atom is 0.254 e. The van der Waals surface area contributed by atoms with Crippen LogP contribution < -0.4 is 5.32 Å². The predicted molar refractivity (Wildman–Crippen MR) is 119 cm³/mol. The second-order valence-corrected chi connectivity index (χ2v) is 8.99. The van der Waals surface area contributed by atoms with Crippen LogP contribution in [-0.4, -0.2) is 54.3 Å². The van der Waals surface area contributed by atoms with Gasteiger partial charge in [0.25, 0.3) is 11.8 Å². The molecule has 164 valence electrons. The van der Waals surface area contributed by atoms with Crippen molar-refractivity contribution in [2.75, 3.05) is 25.9 Å². The SMILES string of the molecule is CSc1ccccc1C(=O)N1CCC2(CCC(CNC(=O)c3ccccc3F)O2)CC1. The molecule has 2 aliphatic heterocycles. The molecule has 7 heteroatoms. The van der Waals surface area contributed by atoms with Gasteiger partial charge < -0.3 is 15.0 Å². The van der Waals surface area contributed by atoms with E-state index < -0.39 is 11.7 Å². The van der Waals surface area contributed by atoms with Gasteiger partial charge in [-0.05, 0) is 56.2 Å². The van der Waals surface area contributed by atoms with E-state index in [0.717, 1.165) is 36.1 Å². The van der Waals surface area contributed by atoms with Crippen LogP contribution in [0.2, 0.25) is 0 Å². The summed E-state index contributed by atoms with van der Waals surface area (Å²) in [6.45, 7) is 1.68. The zero-order valence-electron chi connectivity index (χ0n) is 17.6. The van der Waals surface area contributed by atoms with Gasteiger partial charge in [0.05, 0.1) is 22.8 Å². The normalized spacial score (nSPS) is 20.1. The first-order chi connectivity index (χ1) is 15.0. The molecule has 0 radical (unpaired) electrons. The number of halogens is 1. The smallest absolute Gasteiger partial charge is 0.254 e. The number of ether oxygens (including phenoxy) is 1. The number of piperidine rings is 1. The standard InChI is InChI=1S/C24H27FN2O3S/c1-31-21-9-5-3-7-19(21)23(29)27-14-12-24(13-15-27)11-10-17(30-24)16-26-22(28)18-6-2-4-8-20(18)25/h2-9,17H,10-16H2,1H3,(H,26,28). The molecular formula is C24H27FN2O3S. The lowest BCUT2D eigenvalue weighted by Crippen LogP contribution is -2.47. The highest BCUT2D eigenvalue weighted by Crippen LogP contribution is 2.39. The third kappa shape index (κ3) is 4.77. The molecule has 2 aromatic carbocycles. The van der Waals surface area contributed by atoms with Crippen LogP contribution in [0, 0.1) is 5.82 Å². The van der Waals surface area contributed by atoms with E-state index in [1.54, 1.807) is 23.9 Å². The summed E-state index contributed by atoms with van der Waals surface area (Å²) in [5.41, 5.74) is 0.572. The molecule has 2 amide bonds. The molecule has 1 atom stereocenters. The Morgan fingerprint density at radius 3 is 2.48 bits per heavy atom. The molecule has 2 saturated heterocycles. The Bertz CT molecular complexity index is 959. The fourth-order valence-corrected chi connectivity index (χ4v) is 5.05. The average Bonchev–Trinajstić information content (AvgIpc) is 3.20. The largest absolute Gasteiger partial charge is 0.370 e. The average molecular weight is 443 g/mol. The lowest BCUT2D eigenvalue weighted by atomic mass is 9.88. The Balaban J connectivity index is 1.29. The van der Waals surface area contributed by atoms with E-state index in [9.17, 15) is 14.0 Å². The zero-order chi connectivity index (χ0) is 21.8. The lowest BCUT2D eigenvalue weighted by molar-refractivity contribution is -0.0712. The van der Waals surface area contributed by atoms with Crippen LogP contribution >= 0.6 is 11.8 Å². The monoisotopic (exact) mass is 442 g/mol. The summed E-state index contributed by atoms with van der Waals surface area (Å²) in [5, 5.41) is 2.79. The molecule has 4 rings (SSSR count). The highest BCUT2D eigenvalue weighted by molar-refractivity contribution is 7.98. The highest BCUT2D eigenvalue weighted by Gasteiger charge is 2.43. The molecule has 2 fully saturated rings. The number of carbonyl (C=O) groups is 2. The summed E-state index contributed by atoms with van der Waals surface area (Å²) in [6, 6.07) is 13.7. The number of thioether (sulfide) groups is 1. The van der Waals surface area contributed by atoms with Crippen LogP contribution in [0.1, 0.15) is 46.4 Å². The summed E-state index contributed by atoms with van der Waals surface area (Å²) in [4.78, 5) is 28.1. The molecule has 0 bridgehead atoms. The molecular weight excluding hydrogens is 415 g/mol. The summed E-state index contributed by atoms with van der Waals surface area (Å²) < 4.78 is 20.1. The maximum absolute atomic E-state index is 13.8. The van der Waals surface area contributed by atoms with Crippen molar-refractivity contribution in [3.8, 4) is 0 Å². The minimum absolute atomic E-state index is 0.0487. The van der Waals surface area contributed by atoms with Crippen LogP contribution in [0.3, 0.4) is 0 Å². The molecule has 1 unspecified atom stereocenters. The highest BCUT2D eigenvalue weighted by atomic mass is 32.2. The Morgan fingerprint density at radius 2 is 1.77 bits per heavy atom. The summed E-state index contributed by atoms with van der Waals surface area (Å²) >= 11 is 1.58. The Labute approximate surface area is 186 Å². The molecule has 1 N–H and O–H groups in total. The van der Waals surface area contributed by atoms with Crippen molar-refractivity contribution in [1.82, 2.24) is 10.2 Å². The van der Waals surface area contributed by atoms with Gasteiger partial charge >= 0.3 is 0 Å². The number of nitrogens with one attached hydrogen (secondary N) is 1.